The van der Waals surface area contributed by atoms with Gasteiger partial charge in [-0.25, -0.2) is 0 Å². The Morgan fingerprint density at radius 2 is 2.33 bits per heavy atom. The van der Waals surface area contributed by atoms with E-state index in [0.29, 0.717) is 0 Å². The number of thioether (sulfide) groups is 1. The minimum Gasteiger partial charge on any atom is -0.192 e. The van der Waals surface area contributed by atoms with Gasteiger partial charge >= 0.3 is 0 Å². The maximum Gasteiger partial charge on any atom is 0.0991 e. The van der Waals surface area contributed by atoms with E-state index >= 15 is 0 Å². The summed E-state index contributed by atoms with van der Waals surface area (Å²) >= 11 is 1.83. The Balaban J connectivity index is 2.68. The van der Waals surface area contributed by atoms with Gasteiger partial charge < -0.3 is 0 Å². The maximum absolute atomic E-state index is 8.63. The highest BCUT2D eigenvalue weighted by Crippen LogP contribution is 2.07. The molecule has 0 radical (unpaired) electrons. The molecule has 0 saturated carbocycles. The summed E-state index contributed by atoms with van der Waals surface area (Å²) in [6.07, 6.45) is 3.14. The Labute approximate surface area is 77.4 Å². The Morgan fingerprint density at radius 3 is 3.00 bits per heavy atom. The Morgan fingerprint density at radius 1 is 1.50 bits per heavy atom. The van der Waals surface area contributed by atoms with Gasteiger partial charge in [0.15, 0.2) is 0 Å². The lowest BCUT2D eigenvalue weighted by Crippen LogP contribution is -1.88. The van der Waals surface area contributed by atoms with E-state index in [0.717, 1.165) is 17.7 Å². The molecule has 0 atom stereocenters. The van der Waals surface area contributed by atoms with Crippen LogP contribution in [0.15, 0.2) is 24.3 Å². The summed E-state index contributed by atoms with van der Waals surface area (Å²) in [6, 6.07) is 9.93. The third-order valence-electron chi connectivity index (χ3n) is 1.65. The second-order valence-electron chi connectivity index (χ2n) is 2.55. The number of benzene rings is 1. The van der Waals surface area contributed by atoms with Gasteiger partial charge in [0.05, 0.1) is 11.6 Å². The highest BCUT2D eigenvalue weighted by molar-refractivity contribution is 7.98. The zero-order valence-corrected chi connectivity index (χ0v) is 7.90. The van der Waals surface area contributed by atoms with E-state index in [1.54, 1.807) is 0 Å². The minimum absolute atomic E-state index is 0.758. The molecule has 0 aromatic heterocycles. The van der Waals surface area contributed by atoms with Crippen LogP contribution in [0.2, 0.25) is 0 Å². The first-order valence-corrected chi connectivity index (χ1v) is 5.24. The average molecular weight is 177 g/mol. The molecule has 2 heteroatoms. The quantitative estimate of drug-likeness (QED) is 0.708. The molecule has 0 unspecified atom stereocenters. The Hall–Kier alpha value is -0.940. The molecule has 1 nitrogen and oxygen atoms in total. The number of aryl methyl sites for hydroxylation is 1. The van der Waals surface area contributed by atoms with E-state index in [4.69, 9.17) is 5.26 Å². The zero-order valence-electron chi connectivity index (χ0n) is 7.08. The van der Waals surface area contributed by atoms with Crippen LogP contribution in [0.5, 0.6) is 0 Å². The largest absolute Gasteiger partial charge is 0.192 e. The van der Waals surface area contributed by atoms with Gasteiger partial charge in [-0.05, 0) is 36.1 Å². The molecular formula is C10H11NS. The number of rotatable bonds is 3. The summed E-state index contributed by atoms with van der Waals surface area (Å²) < 4.78 is 0. The van der Waals surface area contributed by atoms with Gasteiger partial charge in [0.1, 0.15) is 0 Å². The van der Waals surface area contributed by atoms with Gasteiger partial charge in [0.2, 0.25) is 0 Å². The molecular weight excluding hydrogens is 166 g/mol. The highest BCUT2D eigenvalue weighted by Gasteiger charge is 1.93. The molecule has 0 fully saturated rings. The molecule has 0 amide bonds. The SMILES string of the molecule is CSCCc1cccc(C#N)c1. The second-order valence-corrected chi connectivity index (χ2v) is 3.54. The van der Waals surface area contributed by atoms with Gasteiger partial charge in [0.25, 0.3) is 0 Å². The van der Waals surface area contributed by atoms with Crippen molar-refractivity contribution in [2.45, 2.75) is 6.42 Å². The molecule has 0 bridgehead atoms. The van der Waals surface area contributed by atoms with Gasteiger partial charge in [-0.3, -0.25) is 0 Å². The van der Waals surface area contributed by atoms with Crippen molar-refractivity contribution in [3.63, 3.8) is 0 Å². The van der Waals surface area contributed by atoms with Crippen LogP contribution in [0.25, 0.3) is 0 Å². The van der Waals surface area contributed by atoms with Crippen LogP contribution in [0.4, 0.5) is 0 Å². The fourth-order valence-corrected chi connectivity index (χ4v) is 1.46. The van der Waals surface area contributed by atoms with Gasteiger partial charge in [-0.15, -0.1) is 0 Å². The smallest absolute Gasteiger partial charge is 0.0991 e. The van der Waals surface area contributed by atoms with E-state index in [1.165, 1.54) is 5.56 Å². The first kappa shape index (κ1) is 9.15. The minimum atomic E-state index is 0.758. The van der Waals surface area contributed by atoms with Crippen LogP contribution in [-0.4, -0.2) is 12.0 Å². The first-order valence-electron chi connectivity index (χ1n) is 3.85. The molecule has 1 rings (SSSR count). The van der Waals surface area contributed by atoms with Crippen LogP contribution in [0.3, 0.4) is 0 Å². The standard InChI is InChI=1S/C10H11NS/c1-12-6-5-9-3-2-4-10(7-9)8-11/h2-4,7H,5-6H2,1H3. The predicted octanol–water partition coefficient (Wildman–Crippen LogP) is 2.46. The van der Waals surface area contributed by atoms with Crippen LogP contribution in [-0.2, 0) is 6.42 Å². The Kier molecular flexibility index (Phi) is 3.69. The lowest BCUT2D eigenvalue weighted by Gasteiger charge is -1.98. The van der Waals surface area contributed by atoms with Crippen molar-refractivity contribution >= 4 is 11.8 Å². The topological polar surface area (TPSA) is 23.8 Å². The number of hydrogen-bond donors (Lipinski definition) is 0. The molecule has 1 aromatic rings. The summed E-state index contributed by atoms with van der Waals surface area (Å²) in [5.41, 5.74) is 2.01. The third kappa shape index (κ3) is 2.60. The van der Waals surface area contributed by atoms with Crippen LogP contribution < -0.4 is 0 Å². The summed E-state index contributed by atoms with van der Waals surface area (Å²) in [5.74, 6) is 1.12. The lowest BCUT2D eigenvalue weighted by atomic mass is 10.1. The van der Waals surface area contributed by atoms with Crippen molar-refractivity contribution in [2.24, 2.45) is 0 Å². The van der Waals surface area contributed by atoms with Crippen molar-refractivity contribution in [1.82, 2.24) is 0 Å². The van der Waals surface area contributed by atoms with Crippen molar-refractivity contribution in [3.8, 4) is 6.07 Å². The van der Waals surface area contributed by atoms with E-state index in [9.17, 15) is 0 Å². The molecule has 1 aromatic carbocycles. The maximum atomic E-state index is 8.63. The number of nitriles is 1. The molecule has 0 aliphatic heterocycles. The van der Waals surface area contributed by atoms with Crippen LogP contribution >= 0.6 is 11.8 Å². The zero-order chi connectivity index (χ0) is 8.81. The van der Waals surface area contributed by atoms with Crippen molar-refractivity contribution in [1.29, 1.82) is 5.26 Å². The van der Waals surface area contributed by atoms with Gasteiger partial charge in [0, 0.05) is 0 Å². The normalized spacial score (nSPS) is 9.33. The average Bonchev–Trinajstić information content (AvgIpc) is 2.15. The van der Waals surface area contributed by atoms with Crippen molar-refractivity contribution < 1.29 is 0 Å². The molecule has 0 aliphatic carbocycles. The molecule has 62 valence electrons. The molecule has 0 N–H and O–H groups in total. The number of hydrogen-bond acceptors (Lipinski definition) is 2. The van der Waals surface area contributed by atoms with Crippen LogP contribution in [0, 0.1) is 11.3 Å². The van der Waals surface area contributed by atoms with Crippen molar-refractivity contribution in [3.05, 3.63) is 35.4 Å². The van der Waals surface area contributed by atoms with E-state index < -0.39 is 0 Å². The van der Waals surface area contributed by atoms with E-state index in [-0.39, 0.29) is 0 Å². The first-order chi connectivity index (χ1) is 5.86. The Bertz CT molecular complexity index is 288. The van der Waals surface area contributed by atoms with E-state index in [2.05, 4.69) is 18.4 Å². The summed E-state index contributed by atoms with van der Waals surface area (Å²) in [7, 11) is 0. The molecule has 0 aliphatic rings. The molecule has 0 spiro atoms. The van der Waals surface area contributed by atoms with Crippen molar-refractivity contribution in [2.75, 3.05) is 12.0 Å². The summed E-state index contributed by atoms with van der Waals surface area (Å²) in [5, 5.41) is 8.63. The second kappa shape index (κ2) is 4.84. The van der Waals surface area contributed by atoms with E-state index in [1.807, 2.05) is 30.0 Å². The monoisotopic (exact) mass is 177 g/mol. The molecule has 0 heterocycles. The summed E-state index contributed by atoms with van der Waals surface area (Å²) in [6.45, 7) is 0. The van der Waals surface area contributed by atoms with Crippen LogP contribution in [0.1, 0.15) is 11.1 Å². The molecule has 12 heavy (non-hydrogen) atoms. The molecule has 0 saturated heterocycles. The number of nitrogens with zero attached hydrogens (tertiary/aromatic N) is 1. The fourth-order valence-electron chi connectivity index (χ4n) is 1.02. The fraction of sp³-hybridized carbons (Fsp3) is 0.300. The predicted molar refractivity (Wildman–Crippen MR) is 53.2 cm³/mol. The lowest BCUT2D eigenvalue weighted by molar-refractivity contribution is 1.16. The highest BCUT2D eigenvalue weighted by atomic mass is 32.2. The van der Waals surface area contributed by atoms with Gasteiger partial charge in [-0.2, -0.15) is 17.0 Å². The van der Waals surface area contributed by atoms with Gasteiger partial charge in [-0.1, -0.05) is 12.1 Å². The summed E-state index contributed by atoms with van der Waals surface area (Å²) in [4.78, 5) is 0. The third-order valence-corrected chi connectivity index (χ3v) is 2.26.